The van der Waals surface area contributed by atoms with Crippen LogP contribution in [0.1, 0.15) is 25.0 Å². The Morgan fingerprint density at radius 2 is 2.00 bits per heavy atom. The van der Waals surface area contributed by atoms with E-state index in [1.807, 2.05) is 0 Å². The maximum Gasteiger partial charge on any atom is 0.0342 e. The summed E-state index contributed by atoms with van der Waals surface area (Å²) in [4.78, 5) is 0. The first-order chi connectivity index (χ1) is 5.77. The summed E-state index contributed by atoms with van der Waals surface area (Å²) in [7, 11) is 0. The van der Waals surface area contributed by atoms with Gasteiger partial charge in [-0.15, -0.1) is 0 Å². The molecule has 0 heterocycles. The molecule has 1 aromatic carbocycles. The Hall–Kier alpha value is -0.980. The van der Waals surface area contributed by atoms with Crippen LogP contribution < -0.4 is 5.32 Å². The van der Waals surface area contributed by atoms with Gasteiger partial charge in [-0.2, -0.15) is 0 Å². The summed E-state index contributed by atoms with van der Waals surface area (Å²) in [6.07, 6.45) is 1.12. The highest BCUT2D eigenvalue weighted by molar-refractivity contribution is 5.48. The Labute approximate surface area is 74.8 Å². The van der Waals surface area contributed by atoms with Crippen LogP contribution in [0.3, 0.4) is 0 Å². The van der Waals surface area contributed by atoms with Gasteiger partial charge in [0, 0.05) is 12.2 Å². The molecule has 1 nitrogen and oxygen atoms in total. The van der Waals surface area contributed by atoms with E-state index < -0.39 is 0 Å². The third kappa shape index (κ3) is 2.00. The first kappa shape index (κ1) is 9.11. The van der Waals surface area contributed by atoms with Gasteiger partial charge < -0.3 is 5.32 Å². The van der Waals surface area contributed by atoms with Crippen LogP contribution >= 0.6 is 0 Å². The van der Waals surface area contributed by atoms with Crippen molar-refractivity contribution in [1.29, 1.82) is 0 Å². The van der Waals surface area contributed by atoms with Crippen molar-refractivity contribution in [3.8, 4) is 0 Å². The van der Waals surface area contributed by atoms with E-state index in [1.165, 1.54) is 16.8 Å². The highest BCUT2D eigenvalue weighted by atomic mass is 14.8. The molecule has 0 saturated heterocycles. The Morgan fingerprint density at radius 3 is 2.50 bits per heavy atom. The van der Waals surface area contributed by atoms with E-state index >= 15 is 0 Å². The van der Waals surface area contributed by atoms with Crippen molar-refractivity contribution in [3.05, 3.63) is 29.3 Å². The molecule has 0 fully saturated rings. The number of hydrogen-bond donors (Lipinski definition) is 1. The molecule has 1 aromatic rings. The van der Waals surface area contributed by atoms with Crippen LogP contribution in [0.15, 0.2) is 18.2 Å². The monoisotopic (exact) mass is 163 g/mol. The van der Waals surface area contributed by atoms with Gasteiger partial charge in [-0.3, -0.25) is 0 Å². The summed E-state index contributed by atoms with van der Waals surface area (Å²) in [5, 5.41) is 3.30. The number of hydrogen-bond acceptors (Lipinski definition) is 1. The lowest BCUT2D eigenvalue weighted by Crippen LogP contribution is -1.97. The fourth-order valence-electron chi connectivity index (χ4n) is 1.41. The van der Waals surface area contributed by atoms with Crippen molar-refractivity contribution in [3.63, 3.8) is 0 Å². The molecular weight excluding hydrogens is 146 g/mol. The van der Waals surface area contributed by atoms with Gasteiger partial charge in [-0.25, -0.2) is 0 Å². The van der Waals surface area contributed by atoms with Crippen molar-refractivity contribution >= 4 is 5.69 Å². The van der Waals surface area contributed by atoms with Crippen molar-refractivity contribution in [1.82, 2.24) is 0 Å². The Morgan fingerprint density at radius 1 is 1.25 bits per heavy atom. The van der Waals surface area contributed by atoms with E-state index in [0.29, 0.717) is 0 Å². The minimum Gasteiger partial charge on any atom is -0.385 e. The minimum absolute atomic E-state index is 0.991. The van der Waals surface area contributed by atoms with Crippen molar-refractivity contribution in [2.75, 3.05) is 11.9 Å². The molecule has 0 aliphatic carbocycles. The zero-order chi connectivity index (χ0) is 8.97. The fraction of sp³-hybridized carbons (Fsp3) is 0.455. The Kier molecular flexibility index (Phi) is 3.15. The van der Waals surface area contributed by atoms with Crippen molar-refractivity contribution < 1.29 is 0 Å². The molecule has 0 spiro atoms. The van der Waals surface area contributed by atoms with Gasteiger partial charge in [-0.1, -0.05) is 13.0 Å². The molecular formula is C11H17N. The van der Waals surface area contributed by atoms with Gasteiger partial charge in [-0.05, 0) is 43.5 Å². The molecule has 0 radical (unpaired) electrons. The van der Waals surface area contributed by atoms with Crippen molar-refractivity contribution in [2.45, 2.75) is 27.2 Å². The van der Waals surface area contributed by atoms with Crippen LogP contribution in [0, 0.1) is 6.92 Å². The van der Waals surface area contributed by atoms with Crippen LogP contribution in [0.4, 0.5) is 5.69 Å². The standard InChI is InChI=1S/C11H17N/c1-4-10-6-7-11(12-5-2)8-9(10)3/h6-8,12H,4-5H2,1-3H3. The number of nitrogens with one attached hydrogen (secondary N) is 1. The lowest BCUT2D eigenvalue weighted by atomic mass is 10.1. The maximum atomic E-state index is 3.30. The van der Waals surface area contributed by atoms with E-state index in [2.05, 4.69) is 44.3 Å². The number of anilines is 1. The van der Waals surface area contributed by atoms with Gasteiger partial charge in [0.25, 0.3) is 0 Å². The highest BCUT2D eigenvalue weighted by Gasteiger charge is 1.96. The summed E-state index contributed by atoms with van der Waals surface area (Å²) < 4.78 is 0. The van der Waals surface area contributed by atoms with Gasteiger partial charge in [0.2, 0.25) is 0 Å². The average Bonchev–Trinajstić information content (AvgIpc) is 2.05. The first-order valence-electron chi connectivity index (χ1n) is 4.61. The maximum absolute atomic E-state index is 3.30. The molecule has 66 valence electrons. The van der Waals surface area contributed by atoms with E-state index in [4.69, 9.17) is 0 Å². The molecule has 1 N–H and O–H groups in total. The summed E-state index contributed by atoms with van der Waals surface area (Å²) in [5.41, 5.74) is 4.06. The summed E-state index contributed by atoms with van der Waals surface area (Å²) >= 11 is 0. The van der Waals surface area contributed by atoms with Gasteiger partial charge in [0.15, 0.2) is 0 Å². The third-order valence-electron chi connectivity index (χ3n) is 2.10. The Bertz CT molecular complexity index is 253. The van der Waals surface area contributed by atoms with Gasteiger partial charge in [0.05, 0.1) is 0 Å². The van der Waals surface area contributed by atoms with Crippen LogP contribution in [-0.4, -0.2) is 6.54 Å². The first-order valence-corrected chi connectivity index (χ1v) is 4.61. The molecule has 0 atom stereocenters. The molecule has 0 unspecified atom stereocenters. The van der Waals surface area contributed by atoms with Crippen LogP contribution in [-0.2, 0) is 6.42 Å². The predicted octanol–water partition coefficient (Wildman–Crippen LogP) is 2.99. The molecule has 0 aliphatic rings. The largest absolute Gasteiger partial charge is 0.385 e. The normalized spacial score (nSPS) is 9.92. The molecule has 12 heavy (non-hydrogen) atoms. The minimum atomic E-state index is 0.991. The lowest BCUT2D eigenvalue weighted by Gasteiger charge is -2.07. The zero-order valence-electron chi connectivity index (χ0n) is 8.15. The predicted molar refractivity (Wildman–Crippen MR) is 54.7 cm³/mol. The van der Waals surface area contributed by atoms with Crippen molar-refractivity contribution in [2.24, 2.45) is 0 Å². The summed E-state index contributed by atoms with van der Waals surface area (Å²) in [6.45, 7) is 7.46. The molecule has 0 aromatic heterocycles. The second-order valence-corrected chi connectivity index (χ2v) is 3.03. The molecule has 0 saturated carbocycles. The number of benzene rings is 1. The molecule has 1 rings (SSSR count). The van der Waals surface area contributed by atoms with E-state index in [1.54, 1.807) is 0 Å². The van der Waals surface area contributed by atoms with Crippen LogP contribution in [0.2, 0.25) is 0 Å². The quantitative estimate of drug-likeness (QED) is 0.722. The average molecular weight is 163 g/mol. The van der Waals surface area contributed by atoms with Crippen LogP contribution in [0.5, 0.6) is 0 Å². The smallest absolute Gasteiger partial charge is 0.0342 e. The lowest BCUT2D eigenvalue weighted by molar-refractivity contribution is 1.10. The second kappa shape index (κ2) is 4.15. The Balaban J connectivity index is 2.86. The van der Waals surface area contributed by atoms with E-state index in [0.717, 1.165) is 13.0 Å². The topological polar surface area (TPSA) is 12.0 Å². The number of rotatable bonds is 3. The molecule has 1 heteroatoms. The highest BCUT2D eigenvalue weighted by Crippen LogP contribution is 2.15. The fourth-order valence-corrected chi connectivity index (χ4v) is 1.41. The number of aryl methyl sites for hydroxylation is 2. The SMILES string of the molecule is CCNc1ccc(CC)c(C)c1. The van der Waals surface area contributed by atoms with Crippen LogP contribution in [0.25, 0.3) is 0 Å². The van der Waals surface area contributed by atoms with E-state index in [9.17, 15) is 0 Å². The zero-order valence-corrected chi connectivity index (χ0v) is 8.15. The van der Waals surface area contributed by atoms with Gasteiger partial charge >= 0.3 is 0 Å². The second-order valence-electron chi connectivity index (χ2n) is 3.03. The molecule has 0 amide bonds. The third-order valence-corrected chi connectivity index (χ3v) is 2.10. The van der Waals surface area contributed by atoms with Gasteiger partial charge in [0.1, 0.15) is 0 Å². The summed E-state index contributed by atoms with van der Waals surface area (Å²) in [6, 6.07) is 6.56. The molecule has 0 aliphatic heterocycles. The van der Waals surface area contributed by atoms with E-state index in [-0.39, 0.29) is 0 Å². The molecule has 0 bridgehead atoms. The summed E-state index contributed by atoms with van der Waals surface area (Å²) in [5.74, 6) is 0.